The summed E-state index contributed by atoms with van der Waals surface area (Å²) in [6.07, 6.45) is -0.776. The van der Waals surface area contributed by atoms with Gasteiger partial charge in [-0.05, 0) is 49.9 Å². The predicted molar refractivity (Wildman–Crippen MR) is 105 cm³/mol. The molecule has 1 aromatic carbocycles. The van der Waals surface area contributed by atoms with Gasteiger partial charge in [-0.3, -0.25) is 4.79 Å². The molecule has 2 atom stereocenters. The van der Waals surface area contributed by atoms with Crippen molar-refractivity contribution in [2.24, 2.45) is 0 Å². The number of benzene rings is 1. The first kappa shape index (κ1) is 19.7. The minimum absolute atomic E-state index is 0.441. The molecule has 0 saturated heterocycles. The van der Waals surface area contributed by atoms with E-state index in [9.17, 15) is 14.7 Å². The second-order valence-electron chi connectivity index (χ2n) is 7.38. The fraction of sp³-hybridized carbons (Fsp3) is 0.368. The molecule has 27 heavy (non-hydrogen) atoms. The summed E-state index contributed by atoms with van der Waals surface area (Å²) in [6, 6.07) is 7.08. The smallest absolute Gasteiger partial charge is 0.408 e. The zero-order valence-electron chi connectivity index (χ0n) is 15.4. The Labute approximate surface area is 166 Å². The number of thiophene rings is 1. The molecule has 0 spiro atoms. The minimum atomic E-state index is -1.74. The van der Waals surface area contributed by atoms with Crippen LogP contribution in [0.25, 0.3) is 0 Å². The van der Waals surface area contributed by atoms with E-state index in [2.05, 4.69) is 5.32 Å². The number of anilines is 1. The van der Waals surface area contributed by atoms with Gasteiger partial charge in [-0.1, -0.05) is 23.7 Å². The highest BCUT2D eigenvalue weighted by atomic mass is 35.5. The van der Waals surface area contributed by atoms with Crippen LogP contribution in [-0.4, -0.2) is 35.8 Å². The van der Waals surface area contributed by atoms with Gasteiger partial charge in [0.15, 0.2) is 5.60 Å². The molecule has 0 aliphatic carbocycles. The second kappa shape index (κ2) is 6.82. The summed E-state index contributed by atoms with van der Waals surface area (Å²) in [5, 5.41) is 16.6. The summed E-state index contributed by atoms with van der Waals surface area (Å²) in [5.74, 6) is -0.441. The van der Waals surface area contributed by atoms with Gasteiger partial charge in [0.2, 0.25) is 0 Å². The van der Waals surface area contributed by atoms with Crippen molar-refractivity contribution in [3.05, 3.63) is 51.2 Å². The van der Waals surface area contributed by atoms with Gasteiger partial charge in [0.1, 0.15) is 11.6 Å². The first-order chi connectivity index (χ1) is 12.5. The minimum Gasteiger partial charge on any atom is -0.444 e. The van der Waals surface area contributed by atoms with Crippen LogP contribution in [0.3, 0.4) is 0 Å². The summed E-state index contributed by atoms with van der Waals surface area (Å²) in [5.41, 5.74) is -1.42. The quantitative estimate of drug-likeness (QED) is 0.797. The number of carbonyl (C=O) groups excluding carboxylic acids is 2. The Morgan fingerprint density at radius 2 is 1.93 bits per heavy atom. The number of nitrogens with one attached hydrogen (secondary N) is 1. The molecule has 1 aliphatic rings. The lowest BCUT2D eigenvalue weighted by atomic mass is 9.81. The van der Waals surface area contributed by atoms with Gasteiger partial charge < -0.3 is 20.1 Å². The van der Waals surface area contributed by atoms with Gasteiger partial charge in [-0.25, -0.2) is 4.79 Å². The maximum absolute atomic E-state index is 13.0. The normalized spacial score (nSPS) is 22.4. The van der Waals surface area contributed by atoms with E-state index in [1.165, 1.54) is 16.2 Å². The third kappa shape index (κ3) is 3.54. The van der Waals surface area contributed by atoms with E-state index in [1.54, 1.807) is 63.5 Å². The number of alkyl carbamates (subject to hydrolysis) is 1. The molecule has 0 fully saturated rings. The van der Waals surface area contributed by atoms with Gasteiger partial charge in [0.05, 0.1) is 10.6 Å². The molecule has 1 aliphatic heterocycles. The monoisotopic (exact) mass is 408 g/mol. The molecule has 2 heterocycles. The SMILES string of the molecule is CN1C(=O)C(NC(=O)OC(C)(C)C)C(O)(c2ccc(Cl)cc2)c2sccc21. The Morgan fingerprint density at radius 3 is 2.52 bits per heavy atom. The molecule has 144 valence electrons. The zero-order valence-corrected chi connectivity index (χ0v) is 17.0. The van der Waals surface area contributed by atoms with E-state index in [0.717, 1.165) is 0 Å². The van der Waals surface area contributed by atoms with Crippen molar-refractivity contribution in [3.63, 3.8) is 0 Å². The summed E-state index contributed by atoms with van der Waals surface area (Å²) in [4.78, 5) is 27.4. The van der Waals surface area contributed by atoms with E-state index in [1.807, 2.05) is 0 Å². The van der Waals surface area contributed by atoms with Gasteiger partial charge in [0.25, 0.3) is 5.91 Å². The Bertz CT molecular complexity index is 875. The van der Waals surface area contributed by atoms with Crippen LogP contribution in [0.15, 0.2) is 35.7 Å². The van der Waals surface area contributed by atoms with E-state index in [4.69, 9.17) is 16.3 Å². The average molecular weight is 409 g/mol. The summed E-state index contributed by atoms with van der Waals surface area (Å²) < 4.78 is 5.29. The van der Waals surface area contributed by atoms with Crippen molar-refractivity contribution in [3.8, 4) is 0 Å². The molecule has 2 amide bonds. The van der Waals surface area contributed by atoms with Crippen molar-refractivity contribution in [1.29, 1.82) is 0 Å². The van der Waals surface area contributed by atoms with Crippen LogP contribution in [0, 0.1) is 0 Å². The van der Waals surface area contributed by atoms with E-state index in [-0.39, 0.29) is 0 Å². The maximum Gasteiger partial charge on any atom is 0.408 e. The molecule has 6 nitrogen and oxygen atoms in total. The first-order valence-corrected chi connectivity index (χ1v) is 9.63. The molecule has 2 N–H and O–H groups in total. The summed E-state index contributed by atoms with van der Waals surface area (Å²) in [7, 11) is 1.61. The van der Waals surface area contributed by atoms with Crippen LogP contribution in [-0.2, 0) is 15.1 Å². The molecule has 0 saturated carbocycles. The molecule has 0 bridgehead atoms. The highest BCUT2D eigenvalue weighted by molar-refractivity contribution is 7.10. The largest absolute Gasteiger partial charge is 0.444 e. The molecule has 3 rings (SSSR count). The van der Waals surface area contributed by atoms with Crippen LogP contribution in [0.1, 0.15) is 31.2 Å². The number of amides is 2. The molecule has 8 heteroatoms. The standard InChI is InChI=1S/C19H21ClN2O4S/c1-18(2,3)26-17(24)21-14-16(23)22(4)13-9-10-27-15(13)19(14,25)11-5-7-12(20)8-6-11/h5-10,14,25H,1-4H3,(H,21,24). The van der Waals surface area contributed by atoms with Crippen molar-refractivity contribution >= 4 is 40.6 Å². The van der Waals surface area contributed by atoms with Gasteiger partial charge >= 0.3 is 6.09 Å². The fourth-order valence-corrected chi connectivity index (χ4v) is 4.27. The third-order valence-electron chi connectivity index (χ3n) is 4.29. The summed E-state index contributed by atoms with van der Waals surface area (Å²) >= 11 is 7.29. The molecule has 1 aromatic heterocycles. The number of hydrogen-bond acceptors (Lipinski definition) is 5. The Hall–Kier alpha value is -2.09. The van der Waals surface area contributed by atoms with E-state index >= 15 is 0 Å². The van der Waals surface area contributed by atoms with Crippen LogP contribution in [0.4, 0.5) is 10.5 Å². The number of nitrogens with zero attached hydrogens (tertiary/aromatic N) is 1. The first-order valence-electron chi connectivity index (χ1n) is 8.37. The van der Waals surface area contributed by atoms with E-state index < -0.39 is 29.2 Å². The topological polar surface area (TPSA) is 78.9 Å². The molecule has 0 radical (unpaired) electrons. The lowest BCUT2D eigenvalue weighted by Crippen LogP contribution is -2.62. The highest BCUT2D eigenvalue weighted by Crippen LogP contribution is 2.46. The number of rotatable bonds is 2. The van der Waals surface area contributed by atoms with Crippen molar-refractivity contribution in [2.75, 3.05) is 11.9 Å². The van der Waals surface area contributed by atoms with E-state index in [0.29, 0.717) is 21.2 Å². The lowest BCUT2D eigenvalue weighted by molar-refractivity contribution is -0.127. The third-order valence-corrected chi connectivity index (χ3v) is 5.57. The second-order valence-corrected chi connectivity index (χ2v) is 8.74. The highest BCUT2D eigenvalue weighted by Gasteiger charge is 2.53. The van der Waals surface area contributed by atoms with Crippen molar-refractivity contribution in [2.45, 2.75) is 38.0 Å². The van der Waals surface area contributed by atoms with Gasteiger partial charge in [-0.2, -0.15) is 0 Å². The van der Waals surface area contributed by atoms with Crippen molar-refractivity contribution < 1.29 is 19.4 Å². The molecular formula is C19H21ClN2O4S. The Kier molecular flexibility index (Phi) is 4.96. The number of halogens is 1. The van der Waals surface area contributed by atoms with Crippen molar-refractivity contribution in [1.82, 2.24) is 5.32 Å². The van der Waals surface area contributed by atoms with Crippen LogP contribution in [0.2, 0.25) is 5.02 Å². The molecular weight excluding hydrogens is 388 g/mol. The number of likely N-dealkylation sites (N-methyl/N-ethyl adjacent to an activating group) is 1. The molecule has 2 unspecified atom stereocenters. The fourth-order valence-electron chi connectivity index (χ4n) is 3.07. The van der Waals surface area contributed by atoms with Crippen LogP contribution >= 0.6 is 22.9 Å². The van der Waals surface area contributed by atoms with Gasteiger partial charge in [-0.15, -0.1) is 11.3 Å². The van der Waals surface area contributed by atoms with Crippen LogP contribution in [0.5, 0.6) is 0 Å². The Balaban J connectivity index is 2.09. The predicted octanol–water partition coefficient (Wildman–Crippen LogP) is 3.51. The molecule has 2 aromatic rings. The van der Waals surface area contributed by atoms with Crippen LogP contribution < -0.4 is 10.2 Å². The maximum atomic E-state index is 13.0. The Morgan fingerprint density at radius 1 is 1.30 bits per heavy atom. The number of ether oxygens (including phenoxy) is 1. The summed E-state index contributed by atoms with van der Waals surface area (Å²) in [6.45, 7) is 5.18. The lowest BCUT2D eigenvalue weighted by Gasteiger charge is -2.42. The average Bonchev–Trinajstić information content (AvgIpc) is 3.06. The van der Waals surface area contributed by atoms with Gasteiger partial charge in [0, 0.05) is 12.1 Å². The number of hydrogen-bond donors (Lipinski definition) is 2. The number of aliphatic hydroxyl groups is 1. The zero-order chi connectivity index (χ0) is 20.0. The number of fused-ring (bicyclic) bond motifs is 1. The number of carbonyl (C=O) groups is 2.